The number of halogens is 2. The van der Waals surface area contributed by atoms with Gasteiger partial charge in [-0.3, -0.25) is 9.59 Å². The summed E-state index contributed by atoms with van der Waals surface area (Å²) >= 11 is 9.37. The molecule has 0 aliphatic rings. The number of benzene rings is 2. The van der Waals surface area contributed by atoms with E-state index < -0.39 is 6.04 Å². The number of ether oxygens (including phenoxy) is 2. The molecular weight excluding hydrogens is 496 g/mol. The Morgan fingerprint density at radius 1 is 1.16 bits per heavy atom. The molecule has 0 heterocycles. The van der Waals surface area contributed by atoms with Crippen LogP contribution in [0.1, 0.15) is 38.7 Å². The highest BCUT2D eigenvalue weighted by Gasteiger charge is 2.29. The van der Waals surface area contributed by atoms with Crippen LogP contribution in [0, 0.1) is 0 Å². The van der Waals surface area contributed by atoms with Crippen molar-refractivity contribution in [1.82, 2.24) is 10.2 Å². The van der Waals surface area contributed by atoms with Crippen molar-refractivity contribution in [1.29, 1.82) is 0 Å². The minimum Gasteiger partial charge on any atom is -0.497 e. The van der Waals surface area contributed by atoms with Crippen molar-refractivity contribution in [3.8, 4) is 11.5 Å². The molecule has 0 radical (unpaired) electrons. The van der Waals surface area contributed by atoms with Crippen LogP contribution >= 0.6 is 27.5 Å². The van der Waals surface area contributed by atoms with Crippen molar-refractivity contribution >= 4 is 39.3 Å². The van der Waals surface area contributed by atoms with Gasteiger partial charge in [0.2, 0.25) is 5.91 Å². The maximum atomic E-state index is 13.2. The summed E-state index contributed by atoms with van der Waals surface area (Å²) in [6, 6.07) is 11.9. The van der Waals surface area contributed by atoms with Crippen LogP contribution in [0.15, 0.2) is 46.9 Å². The molecule has 0 saturated heterocycles. The molecule has 174 valence electrons. The fourth-order valence-corrected chi connectivity index (χ4v) is 3.97. The molecule has 32 heavy (non-hydrogen) atoms. The summed E-state index contributed by atoms with van der Waals surface area (Å²) in [4.78, 5) is 27.7. The quantitative estimate of drug-likeness (QED) is 0.386. The SMILES string of the molecule is CCCCNC(=O)[C@@H](CC)N(Cc1ccc(OC)cc1)C(=O)COc1ccc(Cl)cc1Br. The molecule has 0 saturated carbocycles. The van der Waals surface area contributed by atoms with Crippen LogP contribution in [-0.4, -0.2) is 43.0 Å². The van der Waals surface area contributed by atoms with Gasteiger partial charge in [-0.05, 0) is 64.7 Å². The molecule has 2 aromatic rings. The molecular formula is C24H30BrClN2O4. The average molecular weight is 526 g/mol. The standard InChI is InChI=1S/C24H30BrClN2O4/c1-4-6-13-27-24(30)21(5-2)28(15-17-7-10-19(31-3)11-8-17)23(29)16-32-22-12-9-18(26)14-20(22)25/h7-12,14,21H,4-6,13,15-16H2,1-3H3,(H,27,30)/t21-/m1/s1. The van der Waals surface area contributed by atoms with Gasteiger partial charge < -0.3 is 19.7 Å². The van der Waals surface area contributed by atoms with Crippen molar-refractivity contribution < 1.29 is 19.1 Å². The van der Waals surface area contributed by atoms with Gasteiger partial charge in [-0.25, -0.2) is 0 Å². The summed E-state index contributed by atoms with van der Waals surface area (Å²) in [6.07, 6.45) is 2.36. The first-order valence-electron chi connectivity index (χ1n) is 10.7. The van der Waals surface area contributed by atoms with Crippen LogP contribution in [-0.2, 0) is 16.1 Å². The molecule has 1 N–H and O–H groups in total. The van der Waals surface area contributed by atoms with Gasteiger partial charge in [0.25, 0.3) is 5.91 Å². The van der Waals surface area contributed by atoms with E-state index in [1.807, 2.05) is 31.2 Å². The van der Waals surface area contributed by atoms with E-state index in [0.29, 0.717) is 28.2 Å². The van der Waals surface area contributed by atoms with Crippen LogP contribution in [0.3, 0.4) is 0 Å². The lowest BCUT2D eigenvalue weighted by atomic mass is 10.1. The Labute approximate surface area is 203 Å². The molecule has 8 heteroatoms. The third-order valence-corrected chi connectivity index (χ3v) is 5.83. The molecule has 0 aromatic heterocycles. The molecule has 1 atom stereocenters. The van der Waals surface area contributed by atoms with Gasteiger partial charge in [0.05, 0.1) is 11.6 Å². The fraction of sp³-hybridized carbons (Fsp3) is 0.417. The van der Waals surface area contributed by atoms with E-state index in [9.17, 15) is 9.59 Å². The number of unbranched alkanes of at least 4 members (excludes halogenated alkanes) is 1. The van der Waals surface area contributed by atoms with Crippen LogP contribution in [0.2, 0.25) is 5.02 Å². The highest BCUT2D eigenvalue weighted by Crippen LogP contribution is 2.28. The Morgan fingerprint density at radius 2 is 1.88 bits per heavy atom. The number of rotatable bonds is 12. The first-order valence-corrected chi connectivity index (χ1v) is 11.8. The number of carbonyl (C=O) groups is 2. The lowest BCUT2D eigenvalue weighted by Crippen LogP contribution is -2.50. The van der Waals surface area contributed by atoms with Crippen LogP contribution in [0.4, 0.5) is 0 Å². The van der Waals surface area contributed by atoms with Gasteiger partial charge in [0.15, 0.2) is 6.61 Å². The molecule has 6 nitrogen and oxygen atoms in total. The van der Waals surface area contributed by atoms with E-state index in [4.69, 9.17) is 21.1 Å². The smallest absolute Gasteiger partial charge is 0.261 e. The number of carbonyl (C=O) groups excluding carboxylic acids is 2. The Balaban J connectivity index is 2.19. The van der Waals surface area contributed by atoms with Crippen molar-refractivity contribution in [2.45, 2.75) is 45.7 Å². The molecule has 0 aliphatic heterocycles. The van der Waals surface area contributed by atoms with E-state index in [-0.39, 0.29) is 25.0 Å². The Morgan fingerprint density at radius 3 is 2.47 bits per heavy atom. The van der Waals surface area contributed by atoms with Crippen LogP contribution in [0.5, 0.6) is 11.5 Å². The number of methoxy groups -OCH3 is 1. The van der Waals surface area contributed by atoms with Crippen LogP contribution in [0.25, 0.3) is 0 Å². The van der Waals surface area contributed by atoms with E-state index in [1.54, 1.807) is 30.2 Å². The number of nitrogens with zero attached hydrogens (tertiary/aromatic N) is 1. The average Bonchev–Trinajstić information content (AvgIpc) is 2.78. The third kappa shape index (κ3) is 7.71. The molecule has 0 aliphatic carbocycles. The zero-order valence-electron chi connectivity index (χ0n) is 18.7. The summed E-state index contributed by atoms with van der Waals surface area (Å²) in [5.74, 6) is 0.801. The predicted molar refractivity (Wildman–Crippen MR) is 130 cm³/mol. The van der Waals surface area contributed by atoms with Gasteiger partial charge in [-0.1, -0.05) is 44.0 Å². The molecule has 0 unspecified atom stereocenters. The number of nitrogens with one attached hydrogen (secondary N) is 1. The zero-order chi connectivity index (χ0) is 23.5. The first-order chi connectivity index (χ1) is 15.4. The second-order valence-corrected chi connectivity index (χ2v) is 8.59. The van der Waals surface area contributed by atoms with Crippen LogP contribution < -0.4 is 14.8 Å². The predicted octanol–water partition coefficient (Wildman–Crippen LogP) is 5.21. The summed E-state index contributed by atoms with van der Waals surface area (Å²) in [7, 11) is 1.60. The van der Waals surface area contributed by atoms with Gasteiger partial charge in [-0.2, -0.15) is 0 Å². The summed E-state index contributed by atoms with van der Waals surface area (Å²) < 4.78 is 11.6. The second-order valence-electron chi connectivity index (χ2n) is 7.30. The van der Waals surface area contributed by atoms with E-state index >= 15 is 0 Å². The van der Waals surface area contributed by atoms with Crippen molar-refractivity contribution in [3.05, 3.63) is 57.5 Å². The highest BCUT2D eigenvalue weighted by atomic mass is 79.9. The molecule has 0 fully saturated rings. The fourth-order valence-electron chi connectivity index (χ4n) is 3.17. The molecule has 0 spiro atoms. The number of hydrogen-bond acceptors (Lipinski definition) is 4. The van der Waals surface area contributed by atoms with Crippen molar-refractivity contribution in [3.63, 3.8) is 0 Å². The lowest BCUT2D eigenvalue weighted by Gasteiger charge is -2.30. The first kappa shape index (κ1) is 26.0. The third-order valence-electron chi connectivity index (χ3n) is 4.97. The van der Waals surface area contributed by atoms with E-state index in [1.165, 1.54) is 0 Å². The second kappa shape index (κ2) is 13.3. The monoisotopic (exact) mass is 524 g/mol. The van der Waals surface area contributed by atoms with Gasteiger partial charge in [0.1, 0.15) is 17.5 Å². The maximum absolute atomic E-state index is 13.2. The highest BCUT2D eigenvalue weighted by molar-refractivity contribution is 9.10. The van der Waals surface area contributed by atoms with E-state index in [2.05, 4.69) is 28.2 Å². The normalized spacial score (nSPS) is 11.5. The van der Waals surface area contributed by atoms with Gasteiger partial charge in [0, 0.05) is 18.1 Å². The largest absolute Gasteiger partial charge is 0.497 e. The van der Waals surface area contributed by atoms with Gasteiger partial charge >= 0.3 is 0 Å². The maximum Gasteiger partial charge on any atom is 0.261 e. The zero-order valence-corrected chi connectivity index (χ0v) is 21.0. The van der Waals surface area contributed by atoms with Crippen molar-refractivity contribution in [2.75, 3.05) is 20.3 Å². The Hall–Kier alpha value is -2.25. The Kier molecular flexibility index (Phi) is 10.8. The lowest BCUT2D eigenvalue weighted by molar-refractivity contribution is -0.143. The minimum absolute atomic E-state index is 0.157. The summed E-state index contributed by atoms with van der Waals surface area (Å²) in [5, 5.41) is 3.51. The number of amides is 2. The summed E-state index contributed by atoms with van der Waals surface area (Å²) in [5.41, 5.74) is 0.895. The summed E-state index contributed by atoms with van der Waals surface area (Å²) in [6.45, 7) is 4.64. The van der Waals surface area contributed by atoms with Crippen molar-refractivity contribution in [2.24, 2.45) is 0 Å². The molecule has 0 bridgehead atoms. The molecule has 2 amide bonds. The number of hydrogen-bond donors (Lipinski definition) is 1. The minimum atomic E-state index is -0.598. The topological polar surface area (TPSA) is 67.9 Å². The molecule has 2 aromatic carbocycles. The molecule has 2 rings (SSSR count). The Bertz CT molecular complexity index is 892. The van der Waals surface area contributed by atoms with E-state index in [0.717, 1.165) is 24.2 Å². The van der Waals surface area contributed by atoms with Gasteiger partial charge in [-0.15, -0.1) is 0 Å².